The highest BCUT2D eigenvalue weighted by atomic mass is 35.5. The van der Waals surface area contributed by atoms with Crippen molar-refractivity contribution in [1.82, 2.24) is 9.80 Å². The predicted molar refractivity (Wildman–Crippen MR) is 124 cm³/mol. The van der Waals surface area contributed by atoms with Gasteiger partial charge in [0.1, 0.15) is 11.8 Å². The van der Waals surface area contributed by atoms with Crippen LogP contribution in [0.25, 0.3) is 11.1 Å². The average Bonchev–Trinajstić information content (AvgIpc) is 2.94. The molecular formula is C25H20ClN3O4. The van der Waals surface area contributed by atoms with Gasteiger partial charge in [-0.25, -0.2) is 4.79 Å². The van der Waals surface area contributed by atoms with E-state index in [1.807, 2.05) is 24.3 Å². The number of fused-ring (bicyclic) bond motifs is 2. The van der Waals surface area contributed by atoms with E-state index in [1.54, 1.807) is 48.5 Å². The van der Waals surface area contributed by atoms with Crippen molar-refractivity contribution in [3.8, 4) is 16.9 Å². The Morgan fingerprint density at radius 3 is 2.42 bits per heavy atom. The number of hydrogen-bond acceptors (Lipinski definition) is 4. The average molecular weight is 462 g/mol. The molecule has 0 spiro atoms. The van der Waals surface area contributed by atoms with E-state index in [-0.39, 0.29) is 31.4 Å². The fraction of sp³-hybridized carbons (Fsp3) is 0.160. The molecule has 0 bridgehead atoms. The molecule has 1 atom stereocenters. The van der Waals surface area contributed by atoms with Crippen LogP contribution in [0, 0.1) is 0 Å². The molecule has 166 valence electrons. The Hall–Kier alpha value is -3.84. The molecule has 1 fully saturated rings. The zero-order valence-corrected chi connectivity index (χ0v) is 18.3. The number of benzene rings is 3. The van der Waals surface area contributed by atoms with Crippen LogP contribution in [-0.4, -0.2) is 53.4 Å². The summed E-state index contributed by atoms with van der Waals surface area (Å²) < 4.78 is 5.40. The van der Waals surface area contributed by atoms with E-state index in [9.17, 15) is 14.4 Å². The van der Waals surface area contributed by atoms with E-state index in [1.165, 1.54) is 9.80 Å². The molecule has 0 aromatic heterocycles. The van der Waals surface area contributed by atoms with Crippen molar-refractivity contribution in [2.24, 2.45) is 0 Å². The second kappa shape index (κ2) is 8.60. The van der Waals surface area contributed by atoms with Crippen LogP contribution in [0.1, 0.15) is 10.4 Å². The molecule has 3 aromatic rings. The number of carbonyl (C=O) groups excluding carboxylic acids is 3. The van der Waals surface area contributed by atoms with Crippen LogP contribution in [0.5, 0.6) is 5.75 Å². The van der Waals surface area contributed by atoms with Crippen LogP contribution >= 0.6 is 11.6 Å². The quantitative estimate of drug-likeness (QED) is 0.617. The van der Waals surface area contributed by atoms with E-state index in [0.717, 1.165) is 11.1 Å². The summed E-state index contributed by atoms with van der Waals surface area (Å²) in [6.07, 6.45) is -0.548. The number of carbonyl (C=O) groups is 3. The van der Waals surface area contributed by atoms with Crippen LogP contribution < -0.4 is 10.1 Å². The molecule has 0 saturated carbocycles. The molecule has 2 aliphatic rings. The number of nitrogens with one attached hydrogen (secondary N) is 1. The van der Waals surface area contributed by atoms with E-state index in [4.69, 9.17) is 16.3 Å². The molecule has 3 aromatic carbocycles. The van der Waals surface area contributed by atoms with Crippen LogP contribution in [-0.2, 0) is 4.79 Å². The van der Waals surface area contributed by atoms with Gasteiger partial charge in [-0.2, -0.15) is 0 Å². The standard InChI is InChI=1S/C25H20ClN3O4/c26-18-9-6-16(7-10-18)17-8-11-21-20(14-17)24(31)29-13-12-28(15-22(29)23(30)27-21)25(32)33-19-4-2-1-3-5-19/h1-11,14,22H,12-13,15H2,(H,27,30). The number of halogens is 1. The molecule has 2 aliphatic heterocycles. The van der Waals surface area contributed by atoms with E-state index < -0.39 is 12.1 Å². The topological polar surface area (TPSA) is 79.0 Å². The Kier molecular flexibility index (Phi) is 5.48. The summed E-state index contributed by atoms with van der Waals surface area (Å²) in [6.45, 7) is 0.556. The molecule has 1 unspecified atom stereocenters. The summed E-state index contributed by atoms with van der Waals surface area (Å²) in [5.41, 5.74) is 2.63. The lowest BCUT2D eigenvalue weighted by Gasteiger charge is -2.38. The Labute approximate surface area is 195 Å². The third kappa shape index (κ3) is 4.15. The normalized spacial score (nSPS) is 17.5. The van der Waals surface area contributed by atoms with Gasteiger partial charge in [0.25, 0.3) is 5.91 Å². The number of nitrogens with zero attached hydrogens (tertiary/aromatic N) is 2. The molecule has 3 amide bonds. The molecule has 5 rings (SSSR count). The van der Waals surface area contributed by atoms with Crippen molar-refractivity contribution in [3.05, 3.63) is 83.4 Å². The molecule has 1 N–H and O–H groups in total. The van der Waals surface area contributed by atoms with Gasteiger partial charge in [-0.3, -0.25) is 9.59 Å². The number of anilines is 1. The molecule has 0 aliphatic carbocycles. The van der Waals surface area contributed by atoms with Gasteiger partial charge >= 0.3 is 6.09 Å². The summed E-state index contributed by atoms with van der Waals surface area (Å²) in [7, 11) is 0. The number of piperazine rings is 1. The number of amides is 3. The fourth-order valence-electron chi connectivity index (χ4n) is 4.09. The second-order valence-electron chi connectivity index (χ2n) is 7.90. The van der Waals surface area contributed by atoms with Gasteiger partial charge in [-0.1, -0.05) is 48.0 Å². The van der Waals surface area contributed by atoms with Gasteiger partial charge in [-0.15, -0.1) is 0 Å². The molecule has 0 radical (unpaired) electrons. The fourth-order valence-corrected chi connectivity index (χ4v) is 4.22. The SMILES string of the molecule is O=C1Nc2ccc(-c3ccc(Cl)cc3)cc2C(=O)N2CCN(C(=O)Oc3ccccc3)CC12. The minimum absolute atomic E-state index is 0.0568. The van der Waals surface area contributed by atoms with Gasteiger partial charge in [0.05, 0.1) is 17.8 Å². The van der Waals surface area contributed by atoms with Crippen molar-refractivity contribution >= 4 is 35.2 Å². The number of para-hydroxylation sites is 1. The van der Waals surface area contributed by atoms with Gasteiger partial charge < -0.3 is 19.9 Å². The Balaban J connectivity index is 1.38. The molecule has 7 nitrogen and oxygen atoms in total. The number of rotatable bonds is 2. The first-order valence-electron chi connectivity index (χ1n) is 10.5. The van der Waals surface area contributed by atoms with Gasteiger partial charge in [-0.05, 0) is 47.5 Å². The van der Waals surface area contributed by atoms with Gasteiger partial charge in [0.15, 0.2) is 0 Å². The first kappa shape index (κ1) is 21.0. The van der Waals surface area contributed by atoms with Crippen LogP contribution in [0.3, 0.4) is 0 Å². The lowest BCUT2D eigenvalue weighted by molar-refractivity contribution is -0.121. The third-order valence-electron chi connectivity index (χ3n) is 5.84. The van der Waals surface area contributed by atoms with Crippen molar-refractivity contribution < 1.29 is 19.1 Å². The largest absolute Gasteiger partial charge is 0.415 e. The first-order chi connectivity index (χ1) is 16.0. The van der Waals surface area contributed by atoms with Crippen molar-refractivity contribution in [1.29, 1.82) is 0 Å². The summed E-state index contributed by atoms with van der Waals surface area (Å²) in [4.78, 5) is 42.0. The smallest absolute Gasteiger partial charge is 0.410 e. The number of hydrogen-bond donors (Lipinski definition) is 1. The maximum atomic E-state index is 13.4. The summed E-state index contributed by atoms with van der Waals surface area (Å²) in [5.74, 6) is -0.160. The zero-order valence-electron chi connectivity index (χ0n) is 17.5. The van der Waals surface area contributed by atoms with Crippen molar-refractivity contribution in [2.75, 3.05) is 25.0 Å². The minimum atomic E-state index is -0.805. The molecular weight excluding hydrogens is 442 g/mol. The maximum absolute atomic E-state index is 13.4. The predicted octanol–water partition coefficient (Wildman–Crippen LogP) is 4.28. The summed E-state index contributed by atoms with van der Waals surface area (Å²) in [5, 5.41) is 3.48. The monoisotopic (exact) mass is 461 g/mol. The Morgan fingerprint density at radius 2 is 1.67 bits per heavy atom. The van der Waals surface area contributed by atoms with Crippen molar-refractivity contribution in [2.45, 2.75) is 6.04 Å². The lowest BCUT2D eigenvalue weighted by atomic mass is 10.0. The first-order valence-corrected chi connectivity index (χ1v) is 10.9. The molecule has 33 heavy (non-hydrogen) atoms. The molecule has 1 saturated heterocycles. The van der Waals surface area contributed by atoms with Gasteiger partial charge in [0.2, 0.25) is 5.91 Å². The van der Waals surface area contributed by atoms with Crippen LogP contribution in [0.15, 0.2) is 72.8 Å². The highest BCUT2D eigenvalue weighted by Gasteiger charge is 2.41. The highest BCUT2D eigenvalue weighted by molar-refractivity contribution is 6.30. The molecule has 8 heteroatoms. The Bertz CT molecular complexity index is 1230. The van der Waals surface area contributed by atoms with Crippen molar-refractivity contribution in [3.63, 3.8) is 0 Å². The summed E-state index contributed by atoms with van der Waals surface area (Å²) >= 11 is 5.99. The minimum Gasteiger partial charge on any atom is -0.410 e. The maximum Gasteiger partial charge on any atom is 0.415 e. The lowest BCUT2D eigenvalue weighted by Crippen LogP contribution is -2.59. The van der Waals surface area contributed by atoms with Gasteiger partial charge in [0, 0.05) is 18.1 Å². The van der Waals surface area contributed by atoms with E-state index in [2.05, 4.69) is 5.32 Å². The number of ether oxygens (including phenoxy) is 1. The Morgan fingerprint density at radius 1 is 0.939 bits per heavy atom. The summed E-state index contributed by atoms with van der Waals surface area (Å²) in [6, 6.07) is 20.6. The third-order valence-corrected chi connectivity index (χ3v) is 6.09. The molecule has 2 heterocycles. The zero-order chi connectivity index (χ0) is 22.9. The highest BCUT2D eigenvalue weighted by Crippen LogP contribution is 2.31. The second-order valence-corrected chi connectivity index (χ2v) is 8.33. The van der Waals surface area contributed by atoms with Crippen LogP contribution in [0.2, 0.25) is 5.02 Å². The van der Waals surface area contributed by atoms with E-state index >= 15 is 0 Å². The van der Waals surface area contributed by atoms with Crippen LogP contribution in [0.4, 0.5) is 10.5 Å². The van der Waals surface area contributed by atoms with E-state index in [0.29, 0.717) is 22.0 Å².